The first-order chi connectivity index (χ1) is 8.60. The van der Waals surface area contributed by atoms with Gasteiger partial charge < -0.3 is 9.84 Å². The molecule has 1 aliphatic heterocycles. The second-order valence-corrected chi connectivity index (χ2v) is 5.11. The van der Waals surface area contributed by atoms with E-state index in [-0.39, 0.29) is 24.4 Å². The zero-order valence-electron chi connectivity index (χ0n) is 11.0. The van der Waals surface area contributed by atoms with Gasteiger partial charge in [-0.3, -0.25) is 4.79 Å². The van der Waals surface area contributed by atoms with Gasteiger partial charge in [-0.05, 0) is 38.3 Å². The van der Waals surface area contributed by atoms with Gasteiger partial charge in [-0.2, -0.15) is 0 Å². The van der Waals surface area contributed by atoms with E-state index in [0.717, 1.165) is 12.2 Å². The fourth-order valence-electron chi connectivity index (χ4n) is 2.54. The summed E-state index contributed by atoms with van der Waals surface area (Å²) in [5.74, 6) is 0.993. The minimum atomic E-state index is -0.0876. The Bertz CT molecular complexity index is 439. The largest absolute Gasteiger partial charge is 0.490 e. The summed E-state index contributed by atoms with van der Waals surface area (Å²) < 4.78 is 5.86. The Kier molecular flexibility index (Phi) is 4.02. The van der Waals surface area contributed by atoms with Crippen LogP contribution in [0.25, 0.3) is 0 Å². The maximum Gasteiger partial charge on any atom is 0.133 e. The minimum Gasteiger partial charge on any atom is -0.490 e. The predicted octanol–water partition coefficient (Wildman–Crippen LogP) is 2.28. The van der Waals surface area contributed by atoms with Crippen LogP contribution in [-0.2, 0) is 11.2 Å². The zero-order chi connectivity index (χ0) is 13.1. The molecule has 3 nitrogen and oxygen atoms in total. The van der Waals surface area contributed by atoms with Crippen LogP contribution in [0, 0.1) is 12.8 Å². The van der Waals surface area contributed by atoms with E-state index in [1.54, 1.807) is 6.92 Å². The lowest BCUT2D eigenvalue weighted by Gasteiger charge is -2.17. The molecule has 0 fully saturated rings. The number of aryl methyl sites for hydroxylation is 1. The van der Waals surface area contributed by atoms with E-state index in [0.29, 0.717) is 12.8 Å². The first-order valence-electron chi connectivity index (χ1n) is 6.47. The molecule has 1 N–H and O–H groups in total. The molecule has 0 saturated heterocycles. The van der Waals surface area contributed by atoms with Crippen molar-refractivity contribution in [2.45, 2.75) is 39.2 Å². The normalized spacial score (nSPS) is 19.2. The third-order valence-electron chi connectivity index (χ3n) is 3.56. The van der Waals surface area contributed by atoms with Gasteiger partial charge in [-0.25, -0.2) is 0 Å². The molecule has 1 aromatic rings. The number of aliphatic hydroxyl groups is 1. The highest BCUT2D eigenvalue weighted by Gasteiger charge is 2.27. The smallest absolute Gasteiger partial charge is 0.133 e. The van der Waals surface area contributed by atoms with Crippen LogP contribution >= 0.6 is 0 Å². The summed E-state index contributed by atoms with van der Waals surface area (Å²) >= 11 is 0. The fraction of sp³-hybridized carbons (Fsp3) is 0.533. The zero-order valence-corrected chi connectivity index (χ0v) is 11.0. The number of hydrogen-bond donors (Lipinski definition) is 1. The van der Waals surface area contributed by atoms with Gasteiger partial charge in [0.1, 0.15) is 17.6 Å². The van der Waals surface area contributed by atoms with Crippen molar-refractivity contribution in [3.05, 3.63) is 29.3 Å². The van der Waals surface area contributed by atoms with Gasteiger partial charge in [0.05, 0.1) is 0 Å². The number of fused-ring (bicyclic) bond motifs is 1. The number of aliphatic hydroxyl groups excluding tert-OH is 1. The molecule has 0 bridgehead atoms. The average Bonchev–Trinajstić information content (AvgIpc) is 2.69. The van der Waals surface area contributed by atoms with Gasteiger partial charge in [0.2, 0.25) is 0 Å². The molecular weight excluding hydrogens is 228 g/mol. The third kappa shape index (κ3) is 2.91. The summed E-state index contributed by atoms with van der Waals surface area (Å²) in [5, 5.41) is 8.98. The lowest BCUT2D eigenvalue weighted by molar-refractivity contribution is -0.122. The molecule has 0 spiro atoms. The lowest BCUT2D eigenvalue weighted by Crippen LogP contribution is -2.23. The molecule has 2 atom stereocenters. The Morgan fingerprint density at radius 3 is 3.00 bits per heavy atom. The predicted molar refractivity (Wildman–Crippen MR) is 69.8 cm³/mol. The summed E-state index contributed by atoms with van der Waals surface area (Å²) in [6, 6.07) is 6.18. The highest BCUT2D eigenvalue weighted by atomic mass is 16.5. The summed E-state index contributed by atoms with van der Waals surface area (Å²) in [7, 11) is 0. The number of rotatable bonds is 5. The van der Waals surface area contributed by atoms with E-state index in [2.05, 4.69) is 13.0 Å². The molecular formula is C15H20O3. The van der Waals surface area contributed by atoms with Crippen molar-refractivity contribution in [1.82, 2.24) is 0 Å². The standard InChI is InChI=1S/C15H20O3/c1-10-3-4-15-13(7-10)9-14(18-15)8-12(5-6-16)11(2)17/h3-4,7,12,14,16H,5-6,8-9H2,1-2H3. The van der Waals surface area contributed by atoms with E-state index in [1.807, 2.05) is 12.1 Å². The third-order valence-corrected chi connectivity index (χ3v) is 3.56. The SMILES string of the molecule is CC(=O)C(CCO)CC1Cc2cc(C)ccc2O1. The Morgan fingerprint density at radius 2 is 2.33 bits per heavy atom. The molecule has 0 aliphatic carbocycles. The number of carbonyl (C=O) groups is 1. The number of ketones is 1. The molecule has 2 unspecified atom stereocenters. The number of Topliss-reactive ketones (excluding diaryl/α,β-unsaturated/α-hetero) is 1. The van der Waals surface area contributed by atoms with Crippen molar-refractivity contribution in [3.8, 4) is 5.75 Å². The molecule has 1 aromatic carbocycles. The van der Waals surface area contributed by atoms with Gasteiger partial charge in [-0.1, -0.05) is 17.7 Å². The highest BCUT2D eigenvalue weighted by Crippen LogP contribution is 2.32. The summed E-state index contributed by atoms with van der Waals surface area (Å²) in [6.07, 6.45) is 2.17. The topological polar surface area (TPSA) is 46.5 Å². The molecule has 0 aromatic heterocycles. The fourth-order valence-corrected chi connectivity index (χ4v) is 2.54. The number of hydrogen-bond acceptors (Lipinski definition) is 3. The van der Waals surface area contributed by atoms with E-state index in [4.69, 9.17) is 9.84 Å². The van der Waals surface area contributed by atoms with Gasteiger partial charge >= 0.3 is 0 Å². The second kappa shape index (κ2) is 5.53. The first-order valence-corrected chi connectivity index (χ1v) is 6.47. The van der Waals surface area contributed by atoms with E-state index in [9.17, 15) is 4.79 Å². The monoisotopic (exact) mass is 248 g/mol. The van der Waals surface area contributed by atoms with Crippen molar-refractivity contribution < 1.29 is 14.6 Å². The average molecular weight is 248 g/mol. The van der Waals surface area contributed by atoms with E-state index >= 15 is 0 Å². The van der Waals surface area contributed by atoms with Crippen LogP contribution in [0.1, 0.15) is 30.9 Å². The Balaban J connectivity index is 2.00. The molecule has 0 saturated carbocycles. The van der Waals surface area contributed by atoms with E-state index < -0.39 is 0 Å². The lowest BCUT2D eigenvalue weighted by atomic mass is 9.92. The van der Waals surface area contributed by atoms with Crippen LogP contribution in [0.4, 0.5) is 0 Å². The first kappa shape index (κ1) is 13.1. The molecule has 2 rings (SSSR count). The summed E-state index contributed by atoms with van der Waals surface area (Å²) in [6.45, 7) is 3.72. The van der Waals surface area contributed by atoms with Gasteiger partial charge in [0, 0.05) is 18.9 Å². The maximum absolute atomic E-state index is 11.5. The van der Waals surface area contributed by atoms with Crippen LogP contribution in [0.2, 0.25) is 0 Å². The van der Waals surface area contributed by atoms with Crippen molar-refractivity contribution in [2.75, 3.05) is 6.61 Å². The van der Waals surface area contributed by atoms with Crippen LogP contribution in [-0.4, -0.2) is 23.6 Å². The van der Waals surface area contributed by atoms with Crippen molar-refractivity contribution in [2.24, 2.45) is 5.92 Å². The van der Waals surface area contributed by atoms with Gasteiger partial charge in [-0.15, -0.1) is 0 Å². The van der Waals surface area contributed by atoms with E-state index in [1.165, 1.54) is 11.1 Å². The van der Waals surface area contributed by atoms with Crippen molar-refractivity contribution in [3.63, 3.8) is 0 Å². The minimum absolute atomic E-state index is 0.0586. The maximum atomic E-state index is 11.5. The van der Waals surface area contributed by atoms with Crippen molar-refractivity contribution >= 4 is 5.78 Å². The Hall–Kier alpha value is -1.35. The van der Waals surface area contributed by atoms with Crippen molar-refractivity contribution in [1.29, 1.82) is 0 Å². The molecule has 0 radical (unpaired) electrons. The van der Waals surface area contributed by atoms with Crippen LogP contribution in [0.15, 0.2) is 18.2 Å². The quantitative estimate of drug-likeness (QED) is 0.869. The highest BCUT2D eigenvalue weighted by molar-refractivity contribution is 5.78. The van der Waals surface area contributed by atoms with Gasteiger partial charge in [0.15, 0.2) is 0 Å². The molecule has 1 heterocycles. The molecule has 3 heteroatoms. The van der Waals surface area contributed by atoms with Crippen LogP contribution < -0.4 is 4.74 Å². The number of benzene rings is 1. The Morgan fingerprint density at radius 1 is 1.56 bits per heavy atom. The molecule has 0 amide bonds. The molecule has 18 heavy (non-hydrogen) atoms. The molecule has 1 aliphatic rings. The second-order valence-electron chi connectivity index (χ2n) is 5.11. The Labute approximate surface area is 108 Å². The number of ether oxygens (including phenoxy) is 1. The summed E-state index contributed by atoms with van der Waals surface area (Å²) in [4.78, 5) is 11.5. The molecule has 98 valence electrons. The number of carbonyl (C=O) groups excluding carboxylic acids is 1. The summed E-state index contributed by atoms with van der Waals surface area (Å²) in [5.41, 5.74) is 2.46. The van der Waals surface area contributed by atoms with Crippen LogP contribution in [0.5, 0.6) is 5.75 Å². The van der Waals surface area contributed by atoms with Gasteiger partial charge in [0.25, 0.3) is 0 Å². The van der Waals surface area contributed by atoms with Crippen LogP contribution in [0.3, 0.4) is 0 Å².